The molecule has 2 aliphatic heterocycles. The topological polar surface area (TPSA) is 40.1 Å². The number of rotatable bonds is 5. The van der Waals surface area contributed by atoms with Crippen LogP contribution in [-0.2, 0) is 11.2 Å². The van der Waals surface area contributed by atoms with E-state index in [9.17, 15) is 0 Å². The predicted molar refractivity (Wildman–Crippen MR) is 120 cm³/mol. The van der Waals surface area contributed by atoms with Crippen LogP contribution in [0.2, 0.25) is 0 Å². The Morgan fingerprint density at radius 1 is 1.27 bits per heavy atom. The molecule has 146 valence electrons. The maximum Gasteiger partial charge on any atom is 0.193 e. The number of likely N-dealkylation sites (tertiary alicyclic amines) is 1. The van der Waals surface area contributed by atoms with Crippen LogP contribution < -0.4 is 10.2 Å². The van der Waals surface area contributed by atoms with Crippen LogP contribution in [0.5, 0.6) is 0 Å². The van der Waals surface area contributed by atoms with Crippen LogP contribution in [-0.4, -0.2) is 64.3 Å². The Kier molecular flexibility index (Phi) is 8.01. The third kappa shape index (κ3) is 5.25. The van der Waals surface area contributed by atoms with Gasteiger partial charge in [-0.05, 0) is 43.9 Å². The Bertz CT molecular complexity index is 582. The lowest BCUT2D eigenvalue weighted by molar-refractivity contribution is 0.156. The minimum atomic E-state index is 0. The van der Waals surface area contributed by atoms with Crippen LogP contribution in [0.4, 0.5) is 5.69 Å². The van der Waals surface area contributed by atoms with Gasteiger partial charge in [0.1, 0.15) is 0 Å². The van der Waals surface area contributed by atoms with E-state index in [1.54, 1.807) is 0 Å². The zero-order chi connectivity index (χ0) is 17.7. The van der Waals surface area contributed by atoms with Crippen LogP contribution in [0.25, 0.3) is 0 Å². The van der Waals surface area contributed by atoms with Crippen molar-refractivity contribution in [2.24, 2.45) is 10.4 Å². The first-order valence-electron chi connectivity index (χ1n) is 9.49. The van der Waals surface area contributed by atoms with E-state index in [1.807, 2.05) is 0 Å². The molecule has 0 bridgehead atoms. The molecule has 1 aromatic carbocycles. The van der Waals surface area contributed by atoms with Crippen LogP contribution in [0.15, 0.2) is 29.3 Å². The van der Waals surface area contributed by atoms with Crippen molar-refractivity contribution in [2.45, 2.75) is 26.2 Å². The smallest absolute Gasteiger partial charge is 0.193 e. The van der Waals surface area contributed by atoms with Gasteiger partial charge in [-0.2, -0.15) is 0 Å². The second-order valence-electron chi connectivity index (χ2n) is 7.52. The maximum atomic E-state index is 5.65. The summed E-state index contributed by atoms with van der Waals surface area (Å²) in [6.07, 6.45) is 3.40. The quantitative estimate of drug-likeness (QED) is 0.407. The fraction of sp³-hybridized carbons (Fsp3) is 0.650. The summed E-state index contributed by atoms with van der Waals surface area (Å²) in [4.78, 5) is 9.43. The largest absolute Gasteiger partial charge is 0.381 e. The second-order valence-corrected chi connectivity index (χ2v) is 7.52. The molecule has 0 saturated carbocycles. The van der Waals surface area contributed by atoms with Gasteiger partial charge in [-0.3, -0.25) is 4.99 Å². The van der Waals surface area contributed by atoms with Crippen molar-refractivity contribution in [2.75, 3.05) is 58.4 Å². The first-order chi connectivity index (χ1) is 12.1. The zero-order valence-electron chi connectivity index (χ0n) is 16.3. The molecule has 2 fully saturated rings. The Labute approximate surface area is 175 Å². The molecule has 5 nitrogen and oxygen atoms in total. The van der Waals surface area contributed by atoms with Gasteiger partial charge in [0.2, 0.25) is 0 Å². The van der Waals surface area contributed by atoms with Gasteiger partial charge in [-0.1, -0.05) is 12.1 Å². The summed E-state index contributed by atoms with van der Waals surface area (Å²) >= 11 is 0. The van der Waals surface area contributed by atoms with Gasteiger partial charge < -0.3 is 19.9 Å². The minimum absolute atomic E-state index is 0. The number of nitrogens with one attached hydrogen (secondary N) is 1. The van der Waals surface area contributed by atoms with Crippen molar-refractivity contribution >= 4 is 35.6 Å². The first-order valence-corrected chi connectivity index (χ1v) is 9.49. The SMILES string of the molecule is CCNC(=NCCc1ccc(N(C)C)cc1)N1CCC2(CCOC2)C1.I. The monoisotopic (exact) mass is 472 g/mol. The molecule has 1 N–H and O–H groups in total. The second kappa shape index (κ2) is 9.78. The fourth-order valence-corrected chi connectivity index (χ4v) is 3.76. The summed E-state index contributed by atoms with van der Waals surface area (Å²) in [6.45, 7) is 7.88. The highest BCUT2D eigenvalue weighted by Crippen LogP contribution is 2.38. The molecule has 2 heterocycles. The number of halogens is 1. The number of anilines is 1. The standard InChI is InChI=1S/C20H32N4O.HI/c1-4-21-19(24-13-10-20(15-24)11-14-25-16-20)22-12-9-17-5-7-18(8-6-17)23(2)3;/h5-8H,4,9-16H2,1-3H3,(H,21,22);1H. The van der Waals surface area contributed by atoms with E-state index in [1.165, 1.54) is 24.1 Å². The lowest BCUT2D eigenvalue weighted by Gasteiger charge is -2.25. The number of aliphatic imine (C=N–C) groups is 1. The Balaban J connectivity index is 0.00000243. The summed E-state index contributed by atoms with van der Waals surface area (Å²) in [5, 5.41) is 3.47. The van der Waals surface area contributed by atoms with Gasteiger partial charge in [-0.15, -0.1) is 24.0 Å². The molecule has 1 aromatic rings. The van der Waals surface area contributed by atoms with Crippen LogP contribution in [0.1, 0.15) is 25.3 Å². The van der Waals surface area contributed by atoms with E-state index in [4.69, 9.17) is 9.73 Å². The summed E-state index contributed by atoms with van der Waals surface area (Å²) in [6, 6.07) is 8.76. The molecule has 2 aliphatic rings. The Morgan fingerprint density at radius 2 is 2.04 bits per heavy atom. The molecule has 0 radical (unpaired) electrons. The van der Waals surface area contributed by atoms with Crippen LogP contribution in [0, 0.1) is 5.41 Å². The highest BCUT2D eigenvalue weighted by atomic mass is 127. The molecular formula is C20H33IN4O. The Morgan fingerprint density at radius 3 is 2.65 bits per heavy atom. The molecule has 0 aromatic heterocycles. The maximum absolute atomic E-state index is 5.65. The molecule has 1 atom stereocenters. The lowest BCUT2D eigenvalue weighted by atomic mass is 9.87. The zero-order valence-corrected chi connectivity index (χ0v) is 18.7. The number of hydrogen-bond donors (Lipinski definition) is 1. The fourth-order valence-electron chi connectivity index (χ4n) is 3.76. The third-order valence-electron chi connectivity index (χ3n) is 5.37. The average molecular weight is 472 g/mol. The molecule has 0 aliphatic carbocycles. The minimum Gasteiger partial charge on any atom is -0.381 e. The van der Waals surface area contributed by atoms with Crippen molar-refractivity contribution in [3.8, 4) is 0 Å². The van der Waals surface area contributed by atoms with E-state index in [-0.39, 0.29) is 24.0 Å². The summed E-state index contributed by atoms with van der Waals surface area (Å²) in [7, 11) is 4.14. The van der Waals surface area contributed by atoms with E-state index >= 15 is 0 Å². The van der Waals surface area contributed by atoms with Crippen LogP contribution >= 0.6 is 24.0 Å². The van der Waals surface area contributed by atoms with Gasteiger partial charge in [0, 0.05) is 58.0 Å². The summed E-state index contributed by atoms with van der Waals surface area (Å²) in [5.41, 5.74) is 2.95. The van der Waals surface area contributed by atoms with Gasteiger partial charge in [0.15, 0.2) is 5.96 Å². The van der Waals surface area contributed by atoms with Gasteiger partial charge >= 0.3 is 0 Å². The molecular weight excluding hydrogens is 439 g/mol. The summed E-state index contributed by atoms with van der Waals surface area (Å²) < 4.78 is 5.65. The highest BCUT2D eigenvalue weighted by Gasteiger charge is 2.42. The molecule has 1 spiro atoms. The normalized spacial score (nSPS) is 22.6. The average Bonchev–Trinajstić information content (AvgIpc) is 3.25. The lowest BCUT2D eigenvalue weighted by Crippen LogP contribution is -2.41. The number of benzene rings is 1. The van der Waals surface area contributed by atoms with Crippen molar-refractivity contribution in [3.63, 3.8) is 0 Å². The molecule has 3 rings (SSSR count). The van der Waals surface area contributed by atoms with Gasteiger partial charge in [0.05, 0.1) is 6.61 Å². The molecule has 26 heavy (non-hydrogen) atoms. The first kappa shape index (κ1) is 21.3. The molecule has 0 amide bonds. The number of guanidine groups is 1. The number of hydrogen-bond acceptors (Lipinski definition) is 3. The van der Waals surface area contributed by atoms with Crippen molar-refractivity contribution in [1.29, 1.82) is 0 Å². The van der Waals surface area contributed by atoms with Crippen molar-refractivity contribution in [3.05, 3.63) is 29.8 Å². The third-order valence-corrected chi connectivity index (χ3v) is 5.37. The van der Waals surface area contributed by atoms with Crippen molar-refractivity contribution in [1.82, 2.24) is 10.2 Å². The van der Waals surface area contributed by atoms with Gasteiger partial charge in [0.25, 0.3) is 0 Å². The number of nitrogens with zero attached hydrogens (tertiary/aromatic N) is 3. The highest BCUT2D eigenvalue weighted by molar-refractivity contribution is 14.0. The van der Waals surface area contributed by atoms with E-state index < -0.39 is 0 Å². The molecule has 2 saturated heterocycles. The molecule has 6 heteroatoms. The van der Waals surface area contributed by atoms with Crippen LogP contribution in [0.3, 0.4) is 0 Å². The van der Waals surface area contributed by atoms with Crippen molar-refractivity contribution < 1.29 is 4.74 Å². The predicted octanol–water partition coefficient (Wildman–Crippen LogP) is 2.99. The molecule has 1 unspecified atom stereocenters. The van der Waals surface area contributed by atoms with Gasteiger partial charge in [-0.25, -0.2) is 0 Å². The number of ether oxygens (including phenoxy) is 1. The van der Waals surface area contributed by atoms with E-state index in [2.05, 4.69) is 60.4 Å². The van der Waals surface area contributed by atoms with E-state index in [0.29, 0.717) is 5.41 Å². The summed E-state index contributed by atoms with van der Waals surface area (Å²) in [5.74, 6) is 1.07. The Hall–Kier alpha value is -1.02. The van der Waals surface area contributed by atoms with E-state index in [0.717, 1.165) is 51.8 Å².